The highest BCUT2D eigenvalue weighted by atomic mass is 35.5. The molecular weight excluding hydrogens is 138 g/mol. The lowest BCUT2D eigenvalue weighted by molar-refractivity contribution is 0.0590. The minimum atomic E-state index is -1.02. The zero-order chi connectivity index (χ0) is 6.62. The van der Waals surface area contributed by atoms with Gasteiger partial charge in [-0.15, -0.1) is 19.0 Å². The molecule has 0 bridgehead atoms. The average Bonchev–Trinajstić information content (AvgIpc) is 1.59. The summed E-state index contributed by atoms with van der Waals surface area (Å²) in [4.78, 5) is 0. The number of hydrogen-bond acceptors (Lipinski definition) is 2. The molecule has 0 fully saturated rings. The zero-order valence-electron chi connectivity index (χ0n) is 5.63. The van der Waals surface area contributed by atoms with Gasteiger partial charge in [-0.1, -0.05) is 6.08 Å². The van der Waals surface area contributed by atoms with Crippen LogP contribution in [0.1, 0.15) is 19.8 Å². The molecule has 0 aromatic carbocycles. The first-order valence-corrected chi connectivity index (χ1v) is 2.68. The van der Waals surface area contributed by atoms with Crippen LogP contribution in [0.25, 0.3) is 0 Å². The fourth-order valence-electron chi connectivity index (χ4n) is 0.394. The standard InChI is InChI=1S/C6H13NO.ClH/c1-3-4-5-6(2,7)8;/h3,8H,1,4-5,7H2,2H3;1H. The molecule has 0 aliphatic carbocycles. The molecule has 0 rings (SSSR count). The number of halogens is 1. The van der Waals surface area contributed by atoms with Crippen molar-refractivity contribution in [1.29, 1.82) is 0 Å². The molecule has 0 aliphatic heterocycles. The van der Waals surface area contributed by atoms with Crippen molar-refractivity contribution in [2.45, 2.75) is 25.5 Å². The van der Waals surface area contributed by atoms with E-state index in [1.165, 1.54) is 0 Å². The lowest BCUT2D eigenvalue weighted by Gasteiger charge is -2.14. The second-order valence-corrected chi connectivity index (χ2v) is 2.18. The first kappa shape index (κ1) is 11.7. The number of nitrogens with two attached hydrogens (primary N) is 1. The number of hydrogen-bond donors (Lipinski definition) is 2. The second-order valence-electron chi connectivity index (χ2n) is 2.18. The Labute approximate surface area is 62.2 Å². The van der Waals surface area contributed by atoms with Crippen molar-refractivity contribution >= 4 is 12.4 Å². The van der Waals surface area contributed by atoms with E-state index < -0.39 is 5.72 Å². The van der Waals surface area contributed by atoms with Gasteiger partial charge in [0.05, 0.1) is 0 Å². The van der Waals surface area contributed by atoms with Gasteiger partial charge in [-0.05, 0) is 19.8 Å². The van der Waals surface area contributed by atoms with Crippen molar-refractivity contribution in [3.8, 4) is 0 Å². The summed E-state index contributed by atoms with van der Waals surface area (Å²) in [6.07, 6.45) is 3.08. The van der Waals surface area contributed by atoms with Gasteiger partial charge in [0.2, 0.25) is 0 Å². The minimum absolute atomic E-state index is 0. The Morgan fingerprint density at radius 2 is 2.22 bits per heavy atom. The summed E-state index contributed by atoms with van der Waals surface area (Å²) in [7, 11) is 0. The molecule has 0 saturated heterocycles. The minimum Gasteiger partial charge on any atom is -0.376 e. The molecule has 0 aliphatic rings. The molecule has 1 atom stereocenters. The third-order valence-electron chi connectivity index (χ3n) is 0.855. The fourth-order valence-corrected chi connectivity index (χ4v) is 0.394. The molecule has 0 aromatic heterocycles. The largest absolute Gasteiger partial charge is 0.376 e. The summed E-state index contributed by atoms with van der Waals surface area (Å²) in [6.45, 7) is 5.08. The normalized spacial score (nSPS) is 15.4. The van der Waals surface area contributed by atoms with E-state index in [1.54, 1.807) is 13.0 Å². The van der Waals surface area contributed by atoms with E-state index in [1.807, 2.05) is 0 Å². The maximum atomic E-state index is 8.88. The van der Waals surface area contributed by atoms with Gasteiger partial charge in [0.1, 0.15) is 5.72 Å². The van der Waals surface area contributed by atoms with Gasteiger partial charge in [0.15, 0.2) is 0 Å². The monoisotopic (exact) mass is 151 g/mol. The van der Waals surface area contributed by atoms with Crippen LogP contribution in [0.4, 0.5) is 0 Å². The molecular formula is C6H14ClNO. The van der Waals surface area contributed by atoms with Crippen LogP contribution >= 0.6 is 12.4 Å². The van der Waals surface area contributed by atoms with Crippen LogP contribution in [0.5, 0.6) is 0 Å². The van der Waals surface area contributed by atoms with Crippen LogP contribution in [0.15, 0.2) is 12.7 Å². The summed E-state index contributed by atoms with van der Waals surface area (Å²) in [5, 5.41) is 8.88. The van der Waals surface area contributed by atoms with Crippen molar-refractivity contribution in [3.63, 3.8) is 0 Å². The van der Waals surface area contributed by atoms with Crippen molar-refractivity contribution < 1.29 is 5.11 Å². The predicted molar refractivity (Wildman–Crippen MR) is 41.5 cm³/mol. The summed E-state index contributed by atoms with van der Waals surface area (Å²) < 4.78 is 0. The molecule has 0 radical (unpaired) electrons. The van der Waals surface area contributed by atoms with Gasteiger partial charge in [-0.2, -0.15) is 0 Å². The SMILES string of the molecule is C=CCCC(C)(N)O.Cl. The van der Waals surface area contributed by atoms with E-state index >= 15 is 0 Å². The highest BCUT2D eigenvalue weighted by Crippen LogP contribution is 2.02. The zero-order valence-corrected chi connectivity index (χ0v) is 6.45. The molecule has 9 heavy (non-hydrogen) atoms. The molecule has 3 N–H and O–H groups in total. The van der Waals surface area contributed by atoms with Crippen LogP contribution in [-0.4, -0.2) is 10.8 Å². The molecule has 3 heteroatoms. The maximum absolute atomic E-state index is 8.88. The molecule has 0 saturated carbocycles. The van der Waals surface area contributed by atoms with Crippen LogP contribution < -0.4 is 5.73 Å². The Morgan fingerprint density at radius 3 is 2.33 bits per heavy atom. The third kappa shape index (κ3) is 11.5. The van der Waals surface area contributed by atoms with Crippen molar-refractivity contribution in [3.05, 3.63) is 12.7 Å². The first-order chi connectivity index (χ1) is 3.56. The van der Waals surface area contributed by atoms with Gasteiger partial charge in [-0.25, -0.2) is 0 Å². The van der Waals surface area contributed by atoms with Crippen molar-refractivity contribution in [1.82, 2.24) is 0 Å². The number of rotatable bonds is 3. The van der Waals surface area contributed by atoms with E-state index in [-0.39, 0.29) is 12.4 Å². The van der Waals surface area contributed by atoms with Crippen LogP contribution in [0.3, 0.4) is 0 Å². The highest BCUT2D eigenvalue weighted by Gasteiger charge is 2.09. The van der Waals surface area contributed by atoms with Gasteiger partial charge in [0.25, 0.3) is 0 Å². The van der Waals surface area contributed by atoms with Crippen LogP contribution in [-0.2, 0) is 0 Å². The second kappa shape index (κ2) is 4.79. The van der Waals surface area contributed by atoms with E-state index in [0.29, 0.717) is 6.42 Å². The molecule has 56 valence electrons. The summed E-state index contributed by atoms with van der Waals surface area (Å²) in [6, 6.07) is 0. The van der Waals surface area contributed by atoms with Gasteiger partial charge in [-0.3, -0.25) is 0 Å². The third-order valence-corrected chi connectivity index (χ3v) is 0.855. The molecule has 0 aromatic rings. The van der Waals surface area contributed by atoms with E-state index in [0.717, 1.165) is 6.42 Å². The Morgan fingerprint density at radius 1 is 1.78 bits per heavy atom. The predicted octanol–water partition coefficient (Wildman–Crippen LogP) is 1.04. The van der Waals surface area contributed by atoms with Crippen LogP contribution in [0, 0.1) is 0 Å². The van der Waals surface area contributed by atoms with E-state index in [4.69, 9.17) is 10.8 Å². The lowest BCUT2D eigenvalue weighted by atomic mass is 10.1. The molecule has 1 unspecified atom stereocenters. The smallest absolute Gasteiger partial charge is 0.111 e. The van der Waals surface area contributed by atoms with E-state index in [2.05, 4.69) is 6.58 Å². The molecule has 0 spiro atoms. The Bertz CT molecular complexity index is 77.6. The van der Waals surface area contributed by atoms with E-state index in [9.17, 15) is 0 Å². The fraction of sp³-hybridized carbons (Fsp3) is 0.667. The number of allylic oxidation sites excluding steroid dienone is 1. The Balaban J connectivity index is 0. The topological polar surface area (TPSA) is 46.2 Å². The highest BCUT2D eigenvalue weighted by molar-refractivity contribution is 5.85. The van der Waals surface area contributed by atoms with Crippen LogP contribution in [0.2, 0.25) is 0 Å². The molecule has 2 nitrogen and oxygen atoms in total. The molecule has 0 heterocycles. The lowest BCUT2D eigenvalue weighted by Crippen LogP contribution is -2.34. The summed E-state index contributed by atoms with van der Waals surface area (Å²) in [5.74, 6) is 0. The average molecular weight is 152 g/mol. The van der Waals surface area contributed by atoms with Gasteiger partial charge in [0, 0.05) is 0 Å². The van der Waals surface area contributed by atoms with Gasteiger partial charge < -0.3 is 10.8 Å². The Hall–Kier alpha value is -0.0500. The maximum Gasteiger partial charge on any atom is 0.111 e. The first-order valence-electron chi connectivity index (χ1n) is 2.68. The van der Waals surface area contributed by atoms with Crippen molar-refractivity contribution in [2.75, 3.05) is 0 Å². The number of aliphatic hydroxyl groups is 1. The quantitative estimate of drug-likeness (QED) is 0.468. The summed E-state index contributed by atoms with van der Waals surface area (Å²) in [5.41, 5.74) is 4.21. The molecule has 0 amide bonds. The van der Waals surface area contributed by atoms with Gasteiger partial charge >= 0.3 is 0 Å². The Kier molecular flexibility index (Phi) is 6.24. The summed E-state index contributed by atoms with van der Waals surface area (Å²) >= 11 is 0. The van der Waals surface area contributed by atoms with Crippen molar-refractivity contribution in [2.24, 2.45) is 5.73 Å².